The van der Waals surface area contributed by atoms with Crippen LogP contribution in [0.2, 0.25) is 0 Å². The molecule has 1 atom stereocenters. The molecule has 0 fully saturated rings. The zero-order chi connectivity index (χ0) is 18.1. The average molecular weight is 346 g/mol. The first kappa shape index (κ1) is 17.0. The quantitative estimate of drug-likeness (QED) is 0.926. The monoisotopic (exact) mass is 346 g/mol. The van der Waals surface area contributed by atoms with E-state index in [1.165, 1.54) is 19.1 Å². The Morgan fingerprint density at radius 1 is 1.16 bits per heavy atom. The minimum absolute atomic E-state index is 0.0176. The van der Waals surface area contributed by atoms with Crippen LogP contribution in [0.1, 0.15) is 22.8 Å². The highest BCUT2D eigenvalue weighted by Crippen LogP contribution is 2.41. The molecule has 0 amide bonds. The van der Waals surface area contributed by atoms with Crippen LogP contribution < -0.4 is 14.4 Å². The molecule has 0 saturated carbocycles. The fraction of sp³-hybridized carbons (Fsp3) is 0.278. The second-order valence-corrected chi connectivity index (χ2v) is 5.66. The largest absolute Gasteiger partial charge is 0.496 e. The van der Waals surface area contributed by atoms with Gasteiger partial charge in [-0.3, -0.25) is 0 Å². The summed E-state index contributed by atoms with van der Waals surface area (Å²) in [5.41, 5.74) is 0.765. The molecule has 0 saturated heterocycles. The van der Waals surface area contributed by atoms with Gasteiger partial charge in [0.15, 0.2) is 11.6 Å². The lowest BCUT2D eigenvalue weighted by atomic mass is 9.94. The predicted molar refractivity (Wildman–Crippen MR) is 86.6 cm³/mol. The average Bonchev–Trinajstić information content (AvgIpc) is 2.60. The van der Waals surface area contributed by atoms with Crippen LogP contribution in [-0.2, 0) is 6.54 Å². The second-order valence-electron chi connectivity index (χ2n) is 5.66. The van der Waals surface area contributed by atoms with Crippen LogP contribution in [0.4, 0.5) is 14.5 Å². The zero-order valence-corrected chi connectivity index (χ0v) is 13.7. The number of benzene rings is 2. The van der Waals surface area contributed by atoms with E-state index in [9.17, 15) is 13.9 Å². The molecule has 0 unspecified atom stereocenters. The van der Waals surface area contributed by atoms with Crippen LogP contribution in [-0.4, -0.2) is 25.9 Å². The maximum absolute atomic E-state index is 14.3. The van der Waals surface area contributed by atoms with E-state index in [4.69, 9.17) is 14.7 Å². The highest BCUT2D eigenvalue weighted by Gasteiger charge is 2.32. The molecule has 1 heterocycles. The second kappa shape index (κ2) is 6.57. The third-order valence-corrected chi connectivity index (χ3v) is 4.25. The normalized spacial score (nSPS) is 16.2. The van der Waals surface area contributed by atoms with Crippen molar-refractivity contribution in [2.75, 3.05) is 25.7 Å². The van der Waals surface area contributed by atoms with Gasteiger partial charge in [-0.25, -0.2) is 8.78 Å². The van der Waals surface area contributed by atoms with Crippen molar-refractivity contribution < 1.29 is 23.4 Å². The maximum atomic E-state index is 14.3. The highest BCUT2D eigenvalue weighted by molar-refractivity contribution is 5.59. The summed E-state index contributed by atoms with van der Waals surface area (Å²) < 4.78 is 39.3. The number of rotatable bonds is 3. The molecule has 2 aromatic rings. The van der Waals surface area contributed by atoms with Crippen molar-refractivity contribution in [2.45, 2.75) is 12.6 Å². The molecule has 3 rings (SSSR count). The molecule has 130 valence electrons. The number of fused-ring (bicyclic) bond motifs is 1. The van der Waals surface area contributed by atoms with Gasteiger partial charge in [-0.15, -0.1) is 0 Å². The number of anilines is 1. The lowest BCUT2D eigenvalue weighted by Crippen LogP contribution is -2.35. The van der Waals surface area contributed by atoms with Gasteiger partial charge in [0.1, 0.15) is 23.3 Å². The fourth-order valence-corrected chi connectivity index (χ4v) is 3.18. The van der Waals surface area contributed by atoms with E-state index in [0.717, 1.165) is 12.1 Å². The minimum atomic E-state index is -1.01. The molecule has 5 nitrogen and oxygen atoms in total. The van der Waals surface area contributed by atoms with Crippen molar-refractivity contribution in [3.63, 3.8) is 0 Å². The molecule has 0 spiro atoms. The smallest absolute Gasteiger partial charge is 0.150 e. The third kappa shape index (κ3) is 2.85. The van der Waals surface area contributed by atoms with E-state index in [2.05, 4.69) is 0 Å². The van der Waals surface area contributed by atoms with Crippen LogP contribution >= 0.6 is 0 Å². The Morgan fingerprint density at radius 2 is 1.76 bits per heavy atom. The van der Waals surface area contributed by atoms with Gasteiger partial charge < -0.3 is 19.5 Å². The van der Waals surface area contributed by atoms with Crippen LogP contribution in [0.3, 0.4) is 0 Å². The van der Waals surface area contributed by atoms with E-state index >= 15 is 0 Å². The van der Waals surface area contributed by atoms with Gasteiger partial charge in [0.05, 0.1) is 25.9 Å². The Balaban J connectivity index is 2.10. The summed E-state index contributed by atoms with van der Waals surface area (Å²) in [6.07, 6.45) is -1.01. The summed E-state index contributed by atoms with van der Waals surface area (Å²) in [6, 6.07) is 7.02. The fourth-order valence-electron chi connectivity index (χ4n) is 3.18. The first-order chi connectivity index (χ1) is 12.0. The molecule has 0 aliphatic carbocycles. The molecular formula is C18H16F2N2O3. The molecular weight excluding hydrogens is 330 g/mol. The van der Waals surface area contributed by atoms with Gasteiger partial charge in [-0.05, 0) is 24.3 Å². The Morgan fingerprint density at radius 3 is 2.32 bits per heavy atom. The number of aliphatic hydroxyl groups excluding tert-OH is 1. The molecule has 1 aliphatic rings. The van der Waals surface area contributed by atoms with E-state index in [0.29, 0.717) is 22.6 Å². The van der Waals surface area contributed by atoms with Gasteiger partial charge in [0, 0.05) is 24.2 Å². The molecule has 25 heavy (non-hydrogen) atoms. The SMILES string of the molecule is COc1ccc(OC)c2c1CN(c1c(F)cc(C#N)cc1F)C[C@@H]2O. The number of aliphatic hydroxyl groups is 1. The molecule has 1 N–H and O–H groups in total. The van der Waals surface area contributed by atoms with Gasteiger partial charge in [0.25, 0.3) is 0 Å². The van der Waals surface area contributed by atoms with Crippen molar-refractivity contribution in [3.05, 3.63) is 52.6 Å². The van der Waals surface area contributed by atoms with Crippen LogP contribution in [0.5, 0.6) is 11.5 Å². The Bertz CT molecular complexity index is 841. The summed E-state index contributed by atoms with van der Waals surface area (Å²) in [5.74, 6) is -0.721. The van der Waals surface area contributed by atoms with E-state index in [1.807, 2.05) is 0 Å². The third-order valence-electron chi connectivity index (χ3n) is 4.25. The zero-order valence-electron chi connectivity index (χ0n) is 13.7. The van der Waals surface area contributed by atoms with Crippen molar-refractivity contribution in [1.82, 2.24) is 0 Å². The maximum Gasteiger partial charge on any atom is 0.150 e. The van der Waals surface area contributed by atoms with E-state index in [-0.39, 0.29) is 24.3 Å². The summed E-state index contributed by atoms with van der Waals surface area (Å²) >= 11 is 0. The number of nitrogens with zero attached hydrogens (tertiary/aromatic N) is 2. The van der Waals surface area contributed by atoms with Crippen molar-refractivity contribution in [1.29, 1.82) is 5.26 Å². The van der Waals surface area contributed by atoms with Crippen molar-refractivity contribution in [3.8, 4) is 17.6 Å². The minimum Gasteiger partial charge on any atom is -0.496 e. The first-order valence-corrected chi connectivity index (χ1v) is 7.56. The number of ether oxygens (including phenoxy) is 2. The Labute approximate surface area is 143 Å². The van der Waals surface area contributed by atoms with Gasteiger partial charge in [-0.2, -0.15) is 5.26 Å². The van der Waals surface area contributed by atoms with E-state index < -0.39 is 17.7 Å². The van der Waals surface area contributed by atoms with Crippen LogP contribution in [0.15, 0.2) is 24.3 Å². The number of hydrogen-bond donors (Lipinski definition) is 1. The Hall–Kier alpha value is -2.85. The molecule has 0 radical (unpaired) electrons. The van der Waals surface area contributed by atoms with Gasteiger partial charge in [0.2, 0.25) is 0 Å². The summed E-state index contributed by atoms with van der Waals surface area (Å²) in [5, 5.41) is 19.4. The number of nitriles is 1. The summed E-state index contributed by atoms with van der Waals surface area (Å²) in [7, 11) is 2.97. The number of hydrogen-bond acceptors (Lipinski definition) is 5. The van der Waals surface area contributed by atoms with Gasteiger partial charge >= 0.3 is 0 Å². The lowest BCUT2D eigenvalue weighted by Gasteiger charge is -2.35. The highest BCUT2D eigenvalue weighted by atomic mass is 19.1. The van der Waals surface area contributed by atoms with E-state index in [1.54, 1.807) is 18.2 Å². The summed E-state index contributed by atoms with van der Waals surface area (Å²) in [6.45, 7) is 0.114. The van der Waals surface area contributed by atoms with Crippen LogP contribution in [0.25, 0.3) is 0 Å². The first-order valence-electron chi connectivity index (χ1n) is 7.56. The van der Waals surface area contributed by atoms with Crippen molar-refractivity contribution >= 4 is 5.69 Å². The number of β-amino-alcohol motifs (C(OH)–C–C–N with tert-alkyl or cyclic N) is 1. The summed E-state index contributed by atoms with van der Waals surface area (Å²) in [4.78, 5) is 1.39. The van der Waals surface area contributed by atoms with Crippen LogP contribution in [0, 0.1) is 23.0 Å². The Kier molecular flexibility index (Phi) is 4.47. The molecule has 2 aromatic carbocycles. The molecule has 0 bridgehead atoms. The van der Waals surface area contributed by atoms with Gasteiger partial charge in [-0.1, -0.05) is 0 Å². The topological polar surface area (TPSA) is 65.7 Å². The molecule has 7 heteroatoms. The van der Waals surface area contributed by atoms with Crippen molar-refractivity contribution in [2.24, 2.45) is 0 Å². The lowest BCUT2D eigenvalue weighted by molar-refractivity contribution is 0.169. The predicted octanol–water partition coefficient (Wildman–Crippen LogP) is 2.91. The molecule has 0 aromatic heterocycles. The standard InChI is InChI=1S/C18H16F2N2O3/c1-24-15-3-4-16(25-2)17-11(15)8-22(9-14(17)23)18-12(19)5-10(7-21)6-13(18)20/h3-6,14,23H,8-9H2,1-2H3/t14-/m0/s1. The number of methoxy groups -OCH3 is 2. The molecule has 1 aliphatic heterocycles. The number of halogens is 2.